The summed E-state index contributed by atoms with van der Waals surface area (Å²) in [5, 5.41) is 12.6. The minimum absolute atomic E-state index is 0.0941. The third-order valence-corrected chi connectivity index (χ3v) is 4.62. The number of amides is 1. The Balaban J connectivity index is 1.46. The molecule has 152 valence electrons. The van der Waals surface area contributed by atoms with Crippen LogP contribution in [-0.2, 0) is 13.1 Å². The molecule has 0 aliphatic carbocycles. The summed E-state index contributed by atoms with van der Waals surface area (Å²) in [6.07, 6.45) is 1.33. The van der Waals surface area contributed by atoms with Gasteiger partial charge in [-0.25, -0.2) is 9.37 Å². The fraction of sp³-hybridized carbons (Fsp3) is 0.500. The second kappa shape index (κ2) is 8.81. The van der Waals surface area contributed by atoms with Gasteiger partial charge in [-0.05, 0) is 19.9 Å². The van der Waals surface area contributed by atoms with Gasteiger partial charge in [0.1, 0.15) is 12.1 Å². The summed E-state index contributed by atoms with van der Waals surface area (Å²) in [5.74, 6) is -0.271. The van der Waals surface area contributed by atoms with Gasteiger partial charge in [0.05, 0.1) is 12.1 Å². The standard InChI is InChI=1S/C20H27FN4O3/c1-20(2,27)14-25-9-7-24(8-10-25)12-18-23-17(13-28-18)19(26)22-11-15-5-3-4-6-16(15)21/h3-6,13,27H,7-12,14H2,1-2H3,(H,22,26). The number of hydrogen-bond donors (Lipinski definition) is 2. The zero-order valence-electron chi connectivity index (χ0n) is 16.3. The summed E-state index contributed by atoms with van der Waals surface area (Å²) in [6.45, 7) is 8.29. The van der Waals surface area contributed by atoms with Gasteiger partial charge in [-0.1, -0.05) is 18.2 Å². The van der Waals surface area contributed by atoms with Crippen molar-refractivity contribution in [1.82, 2.24) is 20.1 Å². The Morgan fingerprint density at radius 1 is 1.25 bits per heavy atom. The predicted molar refractivity (Wildman–Crippen MR) is 102 cm³/mol. The van der Waals surface area contributed by atoms with Crippen LogP contribution in [0.3, 0.4) is 0 Å². The molecular formula is C20H27FN4O3. The summed E-state index contributed by atoms with van der Waals surface area (Å²) in [6, 6.07) is 6.31. The average molecular weight is 390 g/mol. The number of halogens is 1. The van der Waals surface area contributed by atoms with Gasteiger partial charge in [0.15, 0.2) is 5.69 Å². The normalized spacial score (nSPS) is 16.3. The molecule has 1 aromatic heterocycles. The van der Waals surface area contributed by atoms with Crippen LogP contribution in [0.1, 0.15) is 35.8 Å². The average Bonchev–Trinajstić information content (AvgIpc) is 3.10. The molecule has 8 heteroatoms. The van der Waals surface area contributed by atoms with Crippen LogP contribution in [0.4, 0.5) is 4.39 Å². The first-order valence-corrected chi connectivity index (χ1v) is 9.43. The number of aromatic nitrogens is 1. The molecule has 1 saturated heterocycles. The monoisotopic (exact) mass is 390 g/mol. The fourth-order valence-corrected chi connectivity index (χ4v) is 3.24. The van der Waals surface area contributed by atoms with E-state index in [1.54, 1.807) is 18.2 Å². The van der Waals surface area contributed by atoms with Crippen molar-refractivity contribution < 1.29 is 18.7 Å². The molecule has 3 rings (SSSR count). The molecule has 28 heavy (non-hydrogen) atoms. The number of aliphatic hydroxyl groups is 1. The van der Waals surface area contributed by atoms with Crippen molar-refractivity contribution in [3.63, 3.8) is 0 Å². The van der Waals surface area contributed by atoms with Crippen molar-refractivity contribution in [1.29, 1.82) is 0 Å². The number of piperazine rings is 1. The zero-order chi connectivity index (χ0) is 20.1. The van der Waals surface area contributed by atoms with Crippen molar-refractivity contribution in [2.45, 2.75) is 32.5 Å². The molecule has 2 aromatic rings. The first kappa shape index (κ1) is 20.4. The Bertz CT molecular complexity index is 795. The van der Waals surface area contributed by atoms with E-state index in [0.717, 1.165) is 26.2 Å². The van der Waals surface area contributed by atoms with E-state index in [-0.39, 0.29) is 18.1 Å². The maximum Gasteiger partial charge on any atom is 0.273 e. The molecule has 0 bridgehead atoms. The highest BCUT2D eigenvalue weighted by molar-refractivity contribution is 5.91. The number of β-amino-alcohol motifs (C(OH)–C–C–N with tert-alkyl or cyclic N) is 1. The largest absolute Gasteiger partial charge is 0.447 e. The van der Waals surface area contributed by atoms with Crippen molar-refractivity contribution in [2.24, 2.45) is 0 Å². The molecule has 0 atom stereocenters. The number of nitrogens with zero attached hydrogens (tertiary/aromatic N) is 3. The maximum absolute atomic E-state index is 13.6. The summed E-state index contributed by atoms with van der Waals surface area (Å²) in [4.78, 5) is 20.9. The lowest BCUT2D eigenvalue weighted by molar-refractivity contribution is 0.0156. The quantitative estimate of drug-likeness (QED) is 0.748. The maximum atomic E-state index is 13.6. The fourth-order valence-electron chi connectivity index (χ4n) is 3.24. The number of hydrogen-bond acceptors (Lipinski definition) is 6. The highest BCUT2D eigenvalue weighted by Gasteiger charge is 2.23. The molecule has 1 fully saturated rings. The molecule has 0 radical (unpaired) electrons. The second-order valence-corrected chi connectivity index (χ2v) is 7.77. The van der Waals surface area contributed by atoms with E-state index in [2.05, 4.69) is 20.1 Å². The number of carbonyl (C=O) groups excluding carboxylic acids is 1. The van der Waals surface area contributed by atoms with Gasteiger partial charge in [0, 0.05) is 44.8 Å². The lowest BCUT2D eigenvalue weighted by atomic mass is 10.1. The van der Waals surface area contributed by atoms with E-state index in [4.69, 9.17) is 4.42 Å². The van der Waals surface area contributed by atoms with Crippen molar-refractivity contribution in [2.75, 3.05) is 32.7 Å². The lowest BCUT2D eigenvalue weighted by Crippen LogP contribution is -2.50. The van der Waals surface area contributed by atoms with Crippen LogP contribution < -0.4 is 5.32 Å². The summed E-state index contributed by atoms with van der Waals surface area (Å²) < 4.78 is 19.0. The van der Waals surface area contributed by atoms with Gasteiger partial charge >= 0.3 is 0 Å². The molecule has 1 aliphatic heterocycles. The van der Waals surface area contributed by atoms with E-state index in [1.165, 1.54) is 12.3 Å². The number of oxazole rings is 1. The zero-order valence-corrected chi connectivity index (χ0v) is 16.3. The predicted octanol–water partition coefficient (Wildman–Crippen LogP) is 1.63. The Kier molecular flexibility index (Phi) is 6.43. The molecular weight excluding hydrogens is 363 g/mol. The van der Waals surface area contributed by atoms with E-state index in [9.17, 15) is 14.3 Å². The molecule has 2 N–H and O–H groups in total. The molecule has 0 unspecified atom stereocenters. The Morgan fingerprint density at radius 3 is 2.61 bits per heavy atom. The van der Waals surface area contributed by atoms with E-state index >= 15 is 0 Å². The lowest BCUT2D eigenvalue weighted by Gasteiger charge is -2.36. The molecule has 0 spiro atoms. The topological polar surface area (TPSA) is 81.8 Å². The van der Waals surface area contributed by atoms with Gasteiger partial charge < -0.3 is 14.8 Å². The third kappa shape index (κ3) is 5.85. The smallest absolute Gasteiger partial charge is 0.273 e. The summed E-state index contributed by atoms with van der Waals surface area (Å²) >= 11 is 0. The van der Waals surface area contributed by atoms with Gasteiger partial charge in [-0.2, -0.15) is 0 Å². The van der Waals surface area contributed by atoms with E-state index in [0.29, 0.717) is 24.5 Å². The Morgan fingerprint density at radius 2 is 1.93 bits per heavy atom. The first-order chi connectivity index (χ1) is 13.3. The van der Waals surface area contributed by atoms with Gasteiger partial charge in [-0.3, -0.25) is 14.6 Å². The van der Waals surface area contributed by atoms with Crippen molar-refractivity contribution in [3.8, 4) is 0 Å². The van der Waals surface area contributed by atoms with Crippen molar-refractivity contribution >= 4 is 5.91 Å². The van der Waals surface area contributed by atoms with Crippen LogP contribution in [0.5, 0.6) is 0 Å². The Hall–Kier alpha value is -2.29. The van der Waals surface area contributed by atoms with Crippen LogP contribution >= 0.6 is 0 Å². The molecule has 7 nitrogen and oxygen atoms in total. The van der Waals surface area contributed by atoms with Crippen LogP contribution in [0, 0.1) is 5.82 Å². The number of carbonyl (C=O) groups is 1. The molecule has 0 saturated carbocycles. The molecule has 1 aliphatic rings. The number of benzene rings is 1. The van der Waals surface area contributed by atoms with Crippen molar-refractivity contribution in [3.05, 3.63) is 53.5 Å². The Labute approximate surface area is 164 Å². The highest BCUT2D eigenvalue weighted by Crippen LogP contribution is 2.12. The van der Waals surface area contributed by atoms with Crippen LogP contribution in [0.2, 0.25) is 0 Å². The van der Waals surface area contributed by atoms with E-state index < -0.39 is 11.5 Å². The third-order valence-electron chi connectivity index (χ3n) is 4.62. The van der Waals surface area contributed by atoms with Gasteiger partial charge in [0.25, 0.3) is 5.91 Å². The van der Waals surface area contributed by atoms with Gasteiger partial charge in [-0.15, -0.1) is 0 Å². The van der Waals surface area contributed by atoms with Crippen LogP contribution in [-0.4, -0.2) is 64.1 Å². The number of rotatable bonds is 7. The molecule has 1 aromatic carbocycles. The van der Waals surface area contributed by atoms with Crippen LogP contribution in [0.25, 0.3) is 0 Å². The summed E-state index contributed by atoms with van der Waals surface area (Å²) in [7, 11) is 0. The minimum atomic E-state index is -0.699. The SMILES string of the molecule is CC(C)(O)CN1CCN(Cc2nc(C(=O)NCc3ccccc3F)co2)CC1. The number of nitrogens with one attached hydrogen (secondary N) is 1. The molecule has 2 heterocycles. The second-order valence-electron chi connectivity index (χ2n) is 7.77. The first-order valence-electron chi connectivity index (χ1n) is 9.43. The minimum Gasteiger partial charge on any atom is -0.447 e. The highest BCUT2D eigenvalue weighted by atomic mass is 19.1. The summed E-state index contributed by atoms with van der Waals surface area (Å²) in [5.41, 5.74) is -0.0918. The molecule has 1 amide bonds. The van der Waals surface area contributed by atoms with E-state index in [1.807, 2.05) is 13.8 Å². The van der Waals surface area contributed by atoms with Crippen LogP contribution in [0.15, 0.2) is 34.9 Å². The van der Waals surface area contributed by atoms with Gasteiger partial charge in [0.2, 0.25) is 5.89 Å².